The molecule has 4 N–H and O–H groups in total. The number of aliphatic hydroxyl groups excluding tert-OH is 3. The Morgan fingerprint density at radius 3 is 2.51 bits per heavy atom. The second-order valence-electron chi connectivity index (χ2n) is 13.1. The summed E-state index contributed by atoms with van der Waals surface area (Å²) in [5.74, 6) is 1.05. The highest BCUT2D eigenvalue weighted by molar-refractivity contribution is 5.32. The molecule has 37 heavy (non-hydrogen) atoms. The molecule has 0 aromatic carbocycles. The Labute approximate surface area is 220 Å². The summed E-state index contributed by atoms with van der Waals surface area (Å²) in [6.45, 7) is 7.02. The molecular formula is C30H44O7. The van der Waals surface area contributed by atoms with Gasteiger partial charge in [-0.3, -0.25) is 0 Å². The van der Waals surface area contributed by atoms with Crippen molar-refractivity contribution in [2.45, 2.75) is 115 Å². The van der Waals surface area contributed by atoms with Crippen LogP contribution in [0.15, 0.2) is 35.6 Å². The van der Waals surface area contributed by atoms with Crippen LogP contribution >= 0.6 is 0 Å². The molecule has 4 fully saturated rings. The van der Waals surface area contributed by atoms with Gasteiger partial charge in [-0.2, -0.15) is 0 Å². The zero-order valence-electron chi connectivity index (χ0n) is 22.4. The van der Waals surface area contributed by atoms with E-state index in [0.29, 0.717) is 18.4 Å². The van der Waals surface area contributed by atoms with Crippen LogP contribution in [0.3, 0.4) is 0 Å². The van der Waals surface area contributed by atoms with Crippen molar-refractivity contribution in [3.63, 3.8) is 0 Å². The third-order valence-corrected chi connectivity index (χ3v) is 11.5. The van der Waals surface area contributed by atoms with Crippen LogP contribution in [0.5, 0.6) is 0 Å². The summed E-state index contributed by atoms with van der Waals surface area (Å²) in [7, 11) is 0. The normalized spacial score (nSPS) is 53.3. The Kier molecular flexibility index (Phi) is 6.45. The molecule has 0 radical (unpaired) electrons. The smallest absolute Gasteiger partial charge is 0.187 e. The zero-order chi connectivity index (χ0) is 26.2. The van der Waals surface area contributed by atoms with E-state index in [1.807, 2.05) is 6.26 Å². The molecule has 206 valence electrons. The SMILES string of the molecule is CC1OC(OC2C=C3CCC4C(CCC5(C)C(C6=COCC=C6)CCC45O)C3(C)CC2)C(O)C(O)C1O. The van der Waals surface area contributed by atoms with E-state index in [9.17, 15) is 20.4 Å². The molecule has 0 amide bonds. The van der Waals surface area contributed by atoms with Crippen LogP contribution in [-0.4, -0.2) is 69.4 Å². The topological polar surface area (TPSA) is 109 Å². The summed E-state index contributed by atoms with van der Waals surface area (Å²) in [6.07, 6.45) is 10.6. The Hall–Kier alpha value is -1.22. The predicted octanol–water partition coefficient (Wildman–Crippen LogP) is 3.36. The molecular weight excluding hydrogens is 472 g/mol. The molecule has 3 saturated carbocycles. The van der Waals surface area contributed by atoms with Crippen molar-refractivity contribution in [3.8, 4) is 0 Å². The van der Waals surface area contributed by atoms with E-state index in [4.69, 9.17) is 14.2 Å². The first kappa shape index (κ1) is 26.0. The Morgan fingerprint density at radius 2 is 1.76 bits per heavy atom. The lowest BCUT2D eigenvalue weighted by molar-refractivity contribution is -0.301. The van der Waals surface area contributed by atoms with E-state index in [1.54, 1.807) is 6.92 Å². The molecule has 12 atom stereocenters. The minimum atomic E-state index is -1.29. The van der Waals surface area contributed by atoms with Crippen molar-refractivity contribution < 1.29 is 34.6 Å². The van der Waals surface area contributed by atoms with E-state index >= 15 is 0 Å². The van der Waals surface area contributed by atoms with E-state index in [2.05, 4.69) is 32.1 Å². The molecule has 1 saturated heterocycles. The van der Waals surface area contributed by atoms with Gasteiger partial charge in [0, 0.05) is 5.41 Å². The van der Waals surface area contributed by atoms with Crippen molar-refractivity contribution in [2.75, 3.05) is 6.61 Å². The highest BCUT2D eigenvalue weighted by atomic mass is 16.7. The molecule has 6 rings (SSSR count). The molecule has 4 aliphatic carbocycles. The number of hydrogen-bond acceptors (Lipinski definition) is 7. The fraction of sp³-hybridized carbons (Fsp3) is 0.800. The van der Waals surface area contributed by atoms with Gasteiger partial charge in [0.2, 0.25) is 0 Å². The van der Waals surface area contributed by atoms with Crippen molar-refractivity contribution in [1.29, 1.82) is 0 Å². The van der Waals surface area contributed by atoms with Gasteiger partial charge in [-0.1, -0.05) is 31.6 Å². The van der Waals surface area contributed by atoms with Crippen LogP contribution in [0.25, 0.3) is 0 Å². The van der Waals surface area contributed by atoms with Crippen molar-refractivity contribution in [1.82, 2.24) is 0 Å². The standard InChI is InChI=1S/C30H44O7/c1-17-24(31)25(32)26(33)27(36-17)37-20-8-11-28(2)19(15-20)6-7-23-22(28)9-12-29(3)21(10-13-30(23,29)34)18-5-4-14-35-16-18/h4-5,15-17,20-27,31-34H,6-14H2,1-3H3. The lowest BCUT2D eigenvalue weighted by atomic mass is 9.45. The first-order valence-electron chi connectivity index (χ1n) is 14.4. The fourth-order valence-electron chi connectivity index (χ4n) is 9.23. The lowest BCUT2D eigenvalue weighted by Crippen LogP contribution is -2.61. The first-order valence-corrected chi connectivity index (χ1v) is 14.4. The highest BCUT2D eigenvalue weighted by Crippen LogP contribution is 2.69. The van der Waals surface area contributed by atoms with Crippen LogP contribution < -0.4 is 0 Å². The second-order valence-corrected chi connectivity index (χ2v) is 13.1. The maximum atomic E-state index is 12.4. The van der Waals surface area contributed by atoms with Crippen LogP contribution in [-0.2, 0) is 14.2 Å². The van der Waals surface area contributed by atoms with Gasteiger partial charge in [0.05, 0.1) is 24.1 Å². The number of hydrogen-bond donors (Lipinski definition) is 4. The van der Waals surface area contributed by atoms with Crippen molar-refractivity contribution in [2.24, 2.45) is 28.6 Å². The third kappa shape index (κ3) is 3.83. The minimum absolute atomic E-state index is 0.0279. The number of ether oxygens (including phenoxy) is 3. The molecule has 0 aromatic rings. The average Bonchev–Trinajstić information content (AvgIpc) is 3.17. The summed E-state index contributed by atoms with van der Waals surface area (Å²) in [6, 6.07) is 0. The van der Waals surface area contributed by atoms with Crippen LogP contribution in [0.4, 0.5) is 0 Å². The zero-order valence-corrected chi connectivity index (χ0v) is 22.4. The third-order valence-electron chi connectivity index (χ3n) is 11.5. The van der Waals surface area contributed by atoms with Crippen LogP contribution in [0.1, 0.15) is 72.1 Å². The molecule has 0 bridgehead atoms. The van der Waals surface area contributed by atoms with Gasteiger partial charge in [-0.15, -0.1) is 0 Å². The van der Waals surface area contributed by atoms with Crippen molar-refractivity contribution >= 4 is 0 Å². The summed E-state index contributed by atoms with van der Waals surface area (Å²) >= 11 is 0. The van der Waals surface area contributed by atoms with Gasteiger partial charge in [0.25, 0.3) is 0 Å². The molecule has 7 nitrogen and oxygen atoms in total. The summed E-state index contributed by atoms with van der Waals surface area (Å²) in [5, 5.41) is 43.0. The van der Waals surface area contributed by atoms with Crippen molar-refractivity contribution in [3.05, 3.63) is 35.6 Å². The molecule has 2 aliphatic heterocycles. The van der Waals surface area contributed by atoms with Crippen LogP contribution in [0, 0.1) is 28.6 Å². The second kappa shape index (κ2) is 9.17. The quantitative estimate of drug-likeness (QED) is 0.426. The summed E-state index contributed by atoms with van der Waals surface area (Å²) < 4.78 is 17.5. The number of fused-ring (bicyclic) bond motifs is 5. The molecule has 12 unspecified atom stereocenters. The minimum Gasteiger partial charge on any atom is -0.497 e. The maximum Gasteiger partial charge on any atom is 0.187 e. The molecule has 7 heteroatoms. The Morgan fingerprint density at radius 1 is 0.946 bits per heavy atom. The monoisotopic (exact) mass is 516 g/mol. The predicted molar refractivity (Wildman–Crippen MR) is 137 cm³/mol. The molecule has 0 spiro atoms. The van der Waals surface area contributed by atoms with Gasteiger partial charge in [-0.25, -0.2) is 0 Å². The largest absolute Gasteiger partial charge is 0.497 e. The van der Waals surface area contributed by atoms with Gasteiger partial charge >= 0.3 is 0 Å². The number of rotatable bonds is 3. The van der Waals surface area contributed by atoms with Gasteiger partial charge in [-0.05, 0) is 93.1 Å². The summed E-state index contributed by atoms with van der Waals surface area (Å²) in [4.78, 5) is 0. The van der Waals surface area contributed by atoms with Gasteiger partial charge < -0.3 is 34.6 Å². The molecule has 6 aliphatic rings. The fourth-order valence-corrected chi connectivity index (χ4v) is 9.23. The lowest BCUT2D eigenvalue weighted by Gasteiger charge is -2.62. The molecule has 2 heterocycles. The highest BCUT2D eigenvalue weighted by Gasteiger charge is 2.66. The Bertz CT molecular complexity index is 990. The number of aliphatic hydroxyl groups is 4. The van der Waals surface area contributed by atoms with E-state index in [0.717, 1.165) is 51.4 Å². The molecule has 0 aromatic heterocycles. The first-order chi connectivity index (χ1) is 17.6. The number of allylic oxidation sites excluding steroid dienone is 3. The van der Waals surface area contributed by atoms with Gasteiger partial charge in [0.1, 0.15) is 24.9 Å². The van der Waals surface area contributed by atoms with E-state index in [-0.39, 0.29) is 22.9 Å². The Balaban J connectivity index is 1.20. The van der Waals surface area contributed by atoms with E-state index in [1.165, 1.54) is 11.1 Å². The average molecular weight is 517 g/mol. The van der Waals surface area contributed by atoms with Crippen LogP contribution in [0.2, 0.25) is 0 Å². The van der Waals surface area contributed by atoms with Gasteiger partial charge in [0.15, 0.2) is 6.29 Å². The summed E-state index contributed by atoms with van der Waals surface area (Å²) in [5.41, 5.74) is 1.86. The van der Waals surface area contributed by atoms with E-state index < -0.39 is 36.3 Å². The maximum absolute atomic E-state index is 12.4.